The fraction of sp³-hybridized carbons (Fsp3) is 0.0769. The van der Waals surface area contributed by atoms with Gasteiger partial charge in [-0.05, 0) is 30.7 Å². The first kappa shape index (κ1) is 11.9. The fourth-order valence-corrected chi connectivity index (χ4v) is 1.57. The van der Waals surface area contributed by atoms with Crippen molar-refractivity contribution in [2.75, 3.05) is 5.73 Å². The van der Waals surface area contributed by atoms with Crippen molar-refractivity contribution in [3.63, 3.8) is 0 Å². The molecule has 5 heteroatoms. The first-order valence-electron chi connectivity index (χ1n) is 5.37. The molecule has 0 saturated carbocycles. The van der Waals surface area contributed by atoms with Gasteiger partial charge in [-0.15, -0.1) is 0 Å². The molecule has 4 N–H and O–H groups in total. The van der Waals surface area contributed by atoms with Crippen molar-refractivity contribution in [3.8, 4) is 11.6 Å². The Morgan fingerprint density at radius 2 is 2.06 bits per heavy atom. The van der Waals surface area contributed by atoms with Crippen LogP contribution >= 0.6 is 0 Å². The standard InChI is InChI=1S/C13H13N3O2/c1-8-4-2-6-10(14)11(8)18-13-9(12(15)17)5-3-7-16-13/h2-7H,14H2,1H3,(H2,15,17). The molecule has 1 amide bonds. The second-order valence-corrected chi connectivity index (χ2v) is 3.82. The van der Waals surface area contributed by atoms with Gasteiger partial charge < -0.3 is 16.2 Å². The summed E-state index contributed by atoms with van der Waals surface area (Å²) in [7, 11) is 0. The summed E-state index contributed by atoms with van der Waals surface area (Å²) in [4.78, 5) is 15.3. The number of ether oxygens (including phenoxy) is 1. The number of benzene rings is 1. The summed E-state index contributed by atoms with van der Waals surface area (Å²) >= 11 is 0. The summed E-state index contributed by atoms with van der Waals surface area (Å²) in [5.41, 5.74) is 12.6. The van der Waals surface area contributed by atoms with Crippen LogP contribution in [-0.2, 0) is 0 Å². The molecule has 1 aromatic heterocycles. The molecule has 0 spiro atoms. The van der Waals surface area contributed by atoms with Crippen molar-refractivity contribution in [3.05, 3.63) is 47.7 Å². The lowest BCUT2D eigenvalue weighted by atomic mass is 10.2. The summed E-state index contributed by atoms with van der Waals surface area (Å²) in [5, 5.41) is 0. The van der Waals surface area contributed by atoms with Gasteiger partial charge >= 0.3 is 0 Å². The molecule has 1 heterocycles. The Kier molecular flexibility index (Phi) is 3.14. The number of carbonyl (C=O) groups excluding carboxylic acids is 1. The number of nitrogen functional groups attached to an aromatic ring is 1. The zero-order valence-corrected chi connectivity index (χ0v) is 9.88. The Morgan fingerprint density at radius 3 is 2.72 bits per heavy atom. The molecule has 0 unspecified atom stereocenters. The number of pyridine rings is 1. The lowest BCUT2D eigenvalue weighted by Crippen LogP contribution is -2.13. The van der Waals surface area contributed by atoms with E-state index in [-0.39, 0.29) is 11.4 Å². The van der Waals surface area contributed by atoms with E-state index in [1.807, 2.05) is 19.1 Å². The van der Waals surface area contributed by atoms with Crippen molar-refractivity contribution in [1.82, 2.24) is 4.98 Å². The summed E-state index contributed by atoms with van der Waals surface area (Å²) in [6, 6.07) is 8.58. The van der Waals surface area contributed by atoms with Crippen LogP contribution in [0.15, 0.2) is 36.5 Å². The number of amides is 1. The second-order valence-electron chi connectivity index (χ2n) is 3.82. The molecule has 92 valence electrons. The maximum atomic E-state index is 11.3. The van der Waals surface area contributed by atoms with Gasteiger partial charge in [0.2, 0.25) is 5.88 Å². The van der Waals surface area contributed by atoms with E-state index in [2.05, 4.69) is 4.98 Å². The number of hydrogen-bond donors (Lipinski definition) is 2. The number of nitrogens with zero attached hydrogens (tertiary/aromatic N) is 1. The molecule has 0 saturated heterocycles. The first-order chi connectivity index (χ1) is 8.59. The van der Waals surface area contributed by atoms with Crippen LogP contribution in [0, 0.1) is 6.92 Å². The smallest absolute Gasteiger partial charge is 0.254 e. The van der Waals surface area contributed by atoms with Crippen LogP contribution < -0.4 is 16.2 Å². The van der Waals surface area contributed by atoms with Gasteiger partial charge in [-0.2, -0.15) is 0 Å². The molecule has 1 aromatic carbocycles. The predicted molar refractivity (Wildman–Crippen MR) is 68.4 cm³/mol. The molecule has 0 aliphatic heterocycles. The monoisotopic (exact) mass is 243 g/mol. The minimum absolute atomic E-state index is 0.158. The van der Waals surface area contributed by atoms with E-state index < -0.39 is 5.91 Å². The fourth-order valence-electron chi connectivity index (χ4n) is 1.57. The number of aromatic nitrogens is 1. The van der Waals surface area contributed by atoms with E-state index in [0.717, 1.165) is 5.56 Å². The topological polar surface area (TPSA) is 91.2 Å². The van der Waals surface area contributed by atoms with Gasteiger partial charge in [0.05, 0.1) is 5.69 Å². The van der Waals surface area contributed by atoms with Crippen molar-refractivity contribution < 1.29 is 9.53 Å². The minimum Gasteiger partial charge on any atom is -0.436 e. The Labute approximate surface area is 104 Å². The van der Waals surface area contributed by atoms with Gasteiger partial charge in [0.15, 0.2) is 5.75 Å². The normalized spacial score (nSPS) is 10.1. The van der Waals surface area contributed by atoms with Crippen molar-refractivity contribution in [1.29, 1.82) is 0 Å². The molecule has 0 aliphatic carbocycles. The first-order valence-corrected chi connectivity index (χ1v) is 5.37. The van der Waals surface area contributed by atoms with Crippen LogP contribution in [0.4, 0.5) is 5.69 Å². The van der Waals surface area contributed by atoms with Gasteiger partial charge in [0.25, 0.3) is 5.91 Å². The largest absolute Gasteiger partial charge is 0.436 e. The zero-order chi connectivity index (χ0) is 13.1. The number of rotatable bonds is 3. The highest BCUT2D eigenvalue weighted by Gasteiger charge is 2.13. The molecule has 0 bridgehead atoms. The third-order valence-electron chi connectivity index (χ3n) is 2.48. The van der Waals surface area contributed by atoms with Crippen LogP contribution in [0.3, 0.4) is 0 Å². The van der Waals surface area contributed by atoms with E-state index in [1.165, 1.54) is 6.20 Å². The van der Waals surface area contributed by atoms with Crippen molar-refractivity contribution in [2.24, 2.45) is 5.73 Å². The predicted octanol–water partition coefficient (Wildman–Crippen LogP) is 1.86. The second kappa shape index (κ2) is 4.75. The number of nitrogens with two attached hydrogens (primary N) is 2. The van der Waals surface area contributed by atoms with Crippen LogP contribution in [0.25, 0.3) is 0 Å². The minimum atomic E-state index is -0.592. The average molecular weight is 243 g/mol. The van der Waals surface area contributed by atoms with Crippen molar-refractivity contribution >= 4 is 11.6 Å². The van der Waals surface area contributed by atoms with E-state index in [9.17, 15) is 4.79 Å². The Bertz CT molecular complexity index is 576. The van der Waals surface area contributed by atoms with E-state index in [1.54, 1.807) is 18.2 Å². The number of hydrogen-bond acceptors (Lipinski definition) is 4. The molecule has 0 aliphatic rings. The van der Waals surface area contributed by atoms with Gasteiger partial charge in [-0.25, -0.2) is 4.98 Å². The van der Waals surface area contributed by atoms with Crippen LogP contribution in [0.5, 0.6) is 11.6 Å². The van der Waals surface area contributed by atoms with Crippen LogP contribution in [-0.4, -0.2) is 10.9 Å². The lowest BCUT2D eigenvalue weighted by molar-refractivity contribution is 0.0997. The lowest BCUT2D eigenvalue weighted by Gasteiger charge is -2.11. The highest BCUT2D eigenvalue weighted by molar-refractivity contribution is 5.95. The van der Waals surface area contributed by atoms with Crippen LogP contribution in [0.2, 0.25) is 0 Å². The highest BCUT2D eigenvalue weighted by Crippen LogP contribution is 2.31. The molecule has 0 fully saturated rings. The quantitative estimate of drug-likeness (QED) is 0.805. The summed E-state index contributed by atoms with van der Waals surface area (Å²) < 4.78 is 5.60. The molecule has 2 aromatic rings. The number of anilines is 1. The number of para-hydroxylation sites is 1. The third-order valence-corrected chi connectivity index (χ3v) is 2.48. The number of primary amides is 1. The SMILES string of the molecule is Cc1cccc(N)c1Oc1ncccc1C(N)=O. The van der Waals surface area contributed by atoms with Gasteiger partial charge in [-0.1, -0.05) is 12.1 Å². The Morgan fingerprint density at radius 1 is 1.28 bits per heavy atom. The summed E-state index contributed by atoms with van der Waals surface area (Å²) in [5.74, 6) is 0.0509. The molecule has 18 heavy (non-hydrogen) atoms. The number of aryl methyl sites for hydroxylation is 1. The molecule has 5 nitrogen and oxygen atoms in total. The maximum Gasteiger partial charge on any atom is 0.254 e. The Hall–Kier alpha value is -2.56. The average Bonchev–Trinajstić information content (AvgIpc) is 2.34. The van der Waals surface area contributed by atoms with E-state index in [0.29, 0.717) is 11.4 Å². The third kappa shape index (κ3) is 2.24. The van der Waals surface area contributed by atoms with E-state index in [4.69, 9.17) is 16.2 Å². The van der Waals surface area contributed by atoms with Crippen LogP contribution in [0.1, 0.15) is 15.9 Å². The highest BCUT2D eigenvalue weighted by atomic mass is 16.5. The molecule has 0 radical (unpaired) electrons. The Balaban J connectivity index is 2.43. The van der Waals surface area contributed by atoms with Gasteiger partial charge in [-0.3, -0.25) is 4.79 Å². The van der Waals surface area contributed by atoms with Gasteiger partial charge in [0.1, 0.15) is 5.56 Å². The van der Waals surface area contributed by atoms with Crippen molar-refractivity contribution in [2.45, 2.75) is 6.92 Å². The summed E-state index contributed by atoms with van der Waals surface area (Å²) in [6.07, 6.45) is 1.52. The molecular formula is C13H13N3O2. The number of carbonyl (C=O) groups is 1. The maximum absolute atomic E-state index is 11.3. The van der Waals surface area contributed by atoms with Gasteiger partial charge in [0, 0.05) is 6.20 Å². The molecular weight excluding hydrogens is 230 g/mol. The molecule has 2 rings (SSSR count). The summed E-state index contributed by atoms with van der Waals surface area (Å²) in [6.45, 7) is 1.86. The zero-order valence-electron chi connectivity index (χ0n) is 9.88. The molecule has 0 atom stereocenters. The van der Waals surface area contributed by atoms with E-state index >= 15 is 0 Å².